The Morgan fingerprint density at radius 3 is 2.95 bits per heavy atom. The molecule has 1 saturated carbocycles. The molecule has 5 nitrogen and oxygen atoms in total. The van der Waals surface area contributed by atoms with Gasteiger partial charge in [-0.25, -0.2) is 0 Å². The van der Waals surface area contributed by atoms with E-state index >= 15 is 0 Å². The van der Waals surface area contributed by atoms with E-state index in [0.717, 1.165) is 12.5 Å². The molecule has 1 amide bonds. The summed E-state index contributed by atoms with van der Waals surface area (Å²) in [5.41, 5.74) is 7.09. The van der Waals surface area contributed by atoms with Crippen LogP contribution in [0.1, 0.15) is 25.7 Å². The summed E-state index contributed by atoms with van der Waals surface area (Å²) in [5, 5.41) is 2.88. The molecule has 0 aromatic heterocycles. The van der Waals surface area contributed by atoms with Gasteiger partial charge in [-0.05, 0) is 37.3 Å². The quantitative estimate of drug-likeness (QED) is 0.815. The van der Waals surface area contributed by atoms with Gasteiger partial charge in [-0.1, -0.05) is 0 Å². The van der Waals surface area contributed by atoms with Crippen LogP contribution in [0.25, 0.3) is 0 Å². The predicted octanol–water partition coefficient (Wildman–Crippen LogP) is 2.09. The zero-order valence-electron chi connectivity index (χ0n) is 12.5. The van der Waals surface area contributed by atoms with Gasteiger partial charge in [0.25, 0.3) is 0 Å². The van der Waals surface area contributed by atoms with Gasteiger partial charge >= 0.3 is 0 Å². The average molecular weight is 289 g/mol. The number of likely N-dealkylation sites (tertiary alicyclic amines) is 1. The Bertz CT molecular complexity index is 532. The van der Waals surface area contributed by atoms with Crippen molar-refractivity contribution >= 4 is 17.3 Å². The lowest BCUT2D eigenvalue weighted by Crippen LogP contribution is -2.34. The first kappa shape index (κ1) is 14.2. The van der Waals surface area contributed by atoms with Gasteiger partial charge in [-0.3, -0.25) is 9.69 Å². The average Bonchev–Trinajstić information content (AvgIpc) is 3.10. The maximum Gasteiger partial charge on any atom is 0.225 e. The van der Waals surface area contributed by atoms with Crippen LogP contribution in [0.4, 0.5) is 11.4 Å². The van der Waals surface area contributed by atoms with Crippen molar-refractivity contribution < 1.29 is 9.53 Å². The molecule has 1 aromatic carbocycles. The molecule has 2 fully saturated rings. The Morgan fingerprint density at radius 1 is 1.48 bits per heavy atom. The van der Waals surface area contributed by atoms with Gasteiger partial charge in [0.05, 0.1) is 18.5 Å². The summed E-state index contributed by atoms with van der Waals surface area (Å²) in [6, 6.07) is 6.01. The highest BCUT2D eigenvalue weighted by Crippen LogP contribution is 2.37. The molecule has 1 saturated heterocycles. The number of carbonyl (C=O) groups is 1. The topological polar surface area (TPSA) is 67.6 Å². The van der Waals surface area contributed by atoms with Crippen molar-refractivity contribution in [2.24, 2.45) is 5.92 Å². The number of methoxy groups -OCH3 is 1. The van der Waals surface area contributed by atoms with Crippen molar-refractivity contribution in [3.05, 3.63) is 18.2 Å². The number of rotatable bonds is 5. The van der Waals surface area contributed by atoms with Crippen LogP contribution in [0.2, 0.25) is 0 Å². The Kier molecular flexibility index (Phi) is 4.01. The van der Waals surface area contributed by atoms with Gasteiger partial charge in [-0.15, -0.1) is 0 Å². The van der Waals surface area contributed by atoms with Crippen LogP contribution in [-0.2, 0) is 4.79 Å². The van der Waals surface area contributed by atoms with E-state index in [2.05, 4.69) is 10.2 Å². The number of amides is 1. The number of nitrogens with zero attached hydrogens (tertiary/aromatic N) is 1. The van der Waals surface area contributed by atoms with Crippen LogP contribution in [-0.4, -0.2) is 37.0 Å². The minimum absolute atomic E-state index is 0.0228. The summed E-state index contributed by atoms with van der Waals surface area (Å²) in [5.74, 6) is 1.59. The van der Waals surface area contributed by atoms with E-state index in [4.69, 9.17) is 10.5 Å². The van der Waals surface area contributed by atoms with E-state index < -0.39 is 0 Å². The highest BCUT2D eigenvalue weighted by molar-refractivity contribution is 5.94. The van der Waals surface area contributed by atoms with E-state index in [1.807, 2.05) is 0 Å². The smallest absolute Gasteiger partial charge is 0.225 e. The van der Waals surface area contributed by atoms with Gasteiger partial charge in [0.1, 0.15) is 5.75 Å². The number of nitrogens with one attached hydrogen (secondary N) is 1. The first-order valence-electron chi connectivity index (χ1n) is 7.63. The fourth-order valence-electron chi connectivity index (χ4n) is 3.54. The maximum absolute atomic E-state index is 12.1. The highest BCUT2D eigenvalue weighted by Gasteiger charge is 2.37. The number of nitrogens with two attached hydrogens (primary N) is 1. The molecule has 2 aliphatic rings. The zero-order valence-corrected chi connectivity index (χ0v) is 12.5. The van der Waals surface area contributed by atoms with Gasteiger partial charge < -0.3 is 15.8 Å². The van der Waals surface area contributed by atoms with Crippen LogP contribution in [0.3, 0.4) is 0 Å². The largest absolute Gasteiger partial charge is 0.497 e. The summed E-state index contributed by atoms with van der Waals surface area (Å²) < 4.78 is 5.10. The van der Waals surface area contributed by atoms with Crippen LogP contribution >= 0.6 is 0 Å². The third-order valence-corrected chi connectivity index (χ3v) is 4.68. The van der Waals surface area contributed by atoms with Crippen LogP contribution in [0, 0.1) is 5.92 Å². The zero-order chi connectivity index (χ0) is 14.8. The van der Waals surface area contributed by atoms with Gasteiger partial charge in [-0.2, -0.15) is 0 Å². The Hall–Kier alpha value is -1.75. The fourth-order valence-corrected chi connectivity index (χ4v) is 3.54. The Labute approximate surface area is 125 Å². The second-order valence-corrected chi connectivity index (χ2v) is 6.08. The number of hydrogen-bond donors (Lipinski definition) is 2. The molecule has 1 heterocycles. The maximum atomic E-state index is 12.1. The summed E-state index contributed by atoms with van der Waals surface area (Å²) in [4.78, 5) is 14.5. The Morgan fingerprint density at radius 2 is 2.33 bits per heavy atom. The molecule has 1 aliphatic carbocycles. The number of piperidine rings is 1. The second kappa shape index (κ2) is 5.93. The normalized spacial score (nSPS) is 24.2. The molecule has 2 atom stereocenters. The fraction of sp³-hybridized carbons (Fsp3) is 0.562. The molecule has 21 heavy (non-hydrogen) atoms. The lowest BCUT2D eigenvalue weighted by Gasteiger charge is -2.26. The molecular formula is C16H23N3O2. The molecule has 0 radical (unpaired) electrons. The first-order chi connectivity index (χ1) is 10.2. The molecule has 114 valence electrons. The molecule has 3 rings (SSSR count). The SMILES string of the molecule is COc1ccc(NC(=O)CCN2CC3CCC2C3)c(N)c1. The third kappa shape index (κ3) is 3.13. The Balaban J connectivity index is 1.50. The van der Waals surface area contributed by atoms with Gasteiger partial charge in [0.2, 0.25) is 5.91 Å². The number of anilines is 2. The summed E-state index contributed by atoms with van der Waals surface area (Å²) in [6.07, 6.45) is 4.52. The van der Waals surface area contributed by atoms with E-state index in [1.54, 1.807) is 25.3 Å². The molecule has 1 aliphatic heterocycles. The molecule has 0 spiro atoms. The van der Waals surface area contributed by atoms with E-state index in [0.29, 0.717) is 29.6 Å². The predicted molar refractivity (Wildman–Crippen MR) is 83.4 cm³/mol. The summed E-state index contributed by atoms with van der Waals surface area (Å²) in [7, 11) is 1.59. The number of benzene rings is 1. The lowest BCUT2D eigenvalue weighted by molar-refractivity contribution is -0.116. The van der Waals surface area contributed by atoms with Crippen molar-refractivity contribution in [2.75, 3.05) is 31.2 Å². The van der Waals surface area contributed by atoms with Crippen LogP contribution in [0.15, 0.2) is 18.2 Å². The minimum atomic E-state index is 0.0228. The number of carbonyl (C=O) groups excluding carboxylic acids is 1. The number of ether oxygens (including phenoxy) is 1. The molecule has 1 aromatic rings. The number of fused-ring (bicyclic) bond motifs is 2. The van der Waals surface area contributed by atoms with Crippen molar-refractivity contribution in [1.82, 2.24) is 4.90 Å². The lowest BCUT2D eigenvalue weighted by atomic mass is 10.1. The summed E-state index contributed by atoms with van der Waals surface area (Å²) in [6.45, 7) is 2.02. The molecular weight excluding hydrogens is 266 g/mol. The minimum Gasteiger partial charge on any atom is -0.497 e. The van der Waals surface area contributed by atoms with Crippen molar-refractivity contribution in [3.63, 3.8) is 0 Å². The number of nitrogen functional groups attached to an aromatic ring is 1. The van der Waals surface area contributed by atoms with Crippen LogP contribution in [0.5, 0.6) is 5.75 Å². The third-order valence-electron chi connectivity index (χ3n) is 4.68. The molecule has 5 heteroatoms. The van der Waals surface area contributed by atoms with Crippen molar-refractivity contribution in [1.29, 1.82) is 0 Å². The van der Waals surface area contributed by atoms with Crippen molar-refractivity contribution in [2.45, 2.75) is 31.7 Å². The van der Waals surface area contributed by atoms with Gasteiger partial charge in [0.15, 0.2) is 0 Å². The van der Waals surface area contributed by atoms with Crippen LogP contribution < -0.4 is 15.8 Å². The second-order valence-electron chi connectivity index (χ2n) is 6.08. The molecule has 2 unspecified atom stereocenters. The number of hydrogen-bond acceptors (Lipinski definition) is 4. The van der Waals surface area contributed by atoms with E-state index in [9.17, 15) is 4.79 Å². The van der Waals surface area contributed by atoms with Gasteiger partial charge in [0, 0.05) is 31.6 Å². The van der Waals surface area contributed by atoms with E-state index in [1.165, 1.54) is 25.8 Å². The first-order valence-corrected chi connectivity index (χ1v) is 7.63. The van der Waals surface area contributed by atoms with Crippen molar-refractivity contribution in [3.8, 4) is 5.75 Å². The monoisotopic (exact) mass is 289 g/mol. The highest BCUT2D eigenvalue weighted by atomic mass is 16.5. The van der Waals surface area contributed by atoms with E-state index in [-0.39, 0.29) is 5.91 Å². The molecule has 3 N–H and O–H groups in total. The standard InChI is InChI=1S/C16H23N3O2/c1-21-13-4-5-15(14(17)9-13)18-16(20)6-7-19-10-11-2-3-12(19)8-11/h4-5,9,11-12H,2-3,6-8,10,17H2,1H3,(H,18,20). The molecule has 2 bridgehead atoms. The summed E-state index contributed by atoms with van der Waals surface area (Å²) >= 11 is 0.